The molecule has 0 aliphatic rings. The number of carbonyl (C=O) groups excluding carboxylic acids is 2. The van der Waals surface area contributed by atoms with E-state index in [4.69, 9.17) is 0 Å². The standard InChI is InChI=1S/C15H12BrN3O2/c1-9-5-10(7-11(16)6-9)13(20)12(8-17)14(21)15-18-3-4-19(15)2/h3-7,12H,1-2H3/t12-/m1/s1. The number of hydrogen-bond donors (Lipinski definition) is 0. The number of halogens is 1. The molecule has 6 heteroatoms. The molecule has 2 aromatic rings. The van der Waals surface area contributed by atoms with E-state index in [1.165, 1.54) is 10.8 Å². The molecule has 0 N–H and O–H groups in total. The molecule has 1 aromatic carbocycles. The van der Waals surface area contributed by atoms with E-state index in [1.54, 1.807) is 31.4 Å². The highest BCUT2D eigenvalue weighted by molar-refractivity contribution is 9.10. The van der Waals surface area contributed by atoms with Gasteiger partial charge in [0.25, 0.3) is 0 Å². The van der Waals surface area contributed by atoms with E-state index in [-0.39, 0.29) is 5.82 Å². The smallest absolute Gasteiger partial charge is 0.223 e. The van der Waals surface area contributed by atoms with Gasteiger partial charge in [0.1, 0.15) is 0 Å². The summed E-state index contributed by atoms with van der Waals surface area (Å²) in [5, 5.41) is 9.22. The van der Waals surface area contributed by atoms with E-state index in [0.717, 1.165) is 10.0 Å². The van der Waals surface area contributed by atoms with Crippen LogP contribution in [-0.4, -0.2) is 21.1 Å². The molecule has 0 fully saturated rings. The van der Waals surface area contributed by atoms with Gasteiger partial charge in [-0.3, -0.25) is 9.59 Å². The Morgan fingerprint density at radius 3 is 2.57 bits per heavy atom. The molecule has 0 spiro atoms. The van der Waals surface area contributed by atoms with Gasteiger partial charge in [-0.25, -0.2) is 4.98 Å². The largest absolute Gasteiger partial charge is 0.332 e. The van der Waals surface area contributed by atoms with Gasteiger partial charge in [0.2, 0.25) is 5.78 Å². The molecule has 2 rings (SSSR count). The van der Waals surface area contributed by atoms with Gasteiger partial charge in [-0.15, -0.1) is 0 Å². The molecule has 1 atom stereocenters. The molecule has 21 heavy (non-hydrogen) atoms. The lowest BCUT2D eigenvalue weighted by molar-refractivity contribution is 0.0838. The molecule has 0 bridgehead atoms. The highest BCUT2D eigenvalue weighted by atomic mass is 79.9. The Morgan fingerprint density at radius 1 is 1.33 bits per heavy atom. The van der Waals surface area contributed by atoms with Gasteiger partial charge >= 0.3 is 0 Å². The summed E-state index contributed by atoms with van der Waals surface area (Å²) in [4.78, 5) is 28.6. The summed E-state index contributed by atoms with van der Waals surface area (Å²) < 4.78 is 2.22. The quantitative estimate of drug-likeness (QED) is 0.630. The summed E-state index contributed by atoms with van der Waals surface area (Å²) in [6.45, 7) is 1.84. The molecular formula is C15H12BrN3O2. The summed E-state index contributed by atoms with van der Waals surface area (Å²) in [5.74, 6) is -2.40. The lowest BCUT2D eigenvalue weighted by atomic mass is 9.93. The molecule has 5 nitrogen and oxygen atoms in total. The Hall–Kier alpha value is -2.26. The molecule has 0 aliphatic heterocycles. The molecule has 0 unspecified atom stereocenters. The van der Waals surface area contributed by atoms with Crippen LogP contribution in [-0.2, 0) is 7.05 Å². The topological polar surface area (TPSA) is 75.8 Å². The fourth-order valence-corrected chi connectivity index (χ4v) is 2.62. The minimum absolute atomic E-state index is 0.0987. The van der Waals surface area contributed by atoms with Crippen molar-refractivity contribution in [1.29, 1.82) is 5.26 Å². The van der Waals surface area contributed by atoms with E-state index in [2.05, 4.69) is 20.9 Å². The summed E-state index contributed by atoms with van der Waals surface area (Å²) in [6.07, 6.45) is 3.05. The van der Waals surface area contributed by atoms with Crippen LogP contribution >= 0.6 is 15.9 Å². The summed E-state index contributed by atoms with van der Waals surface area (Å²) in [6, 6.07) is 6.89. The zero-order valence-corrected chi connectivity index (χ0v) is 13.1. The van der Waals surface area contributed by atoms with Crippen molar-refractivity contribution in [3.05, 3.63) is 52.0 Å². The highest BCUT2D eigenvalue weighted by Crippen LogP contribution is 2.19. The number of ketones is 2. The van der Waals surface area contributed by atoms with Crippen molar-refractivity contribution < 1.29 is 9.59 Å². The Kier molecular flexibility index (Phi) is 4.34. The lowest BCUT2D eigenvalue weighted by Gasteiger charge is -2.08. The van der Waals surface area contributed by atoms with Gasteiger partial charge in [0.05, 0.1) is 6.07 Å². The van der Waals surface area contributed by atoms with E-state index in [1.807, 2.05) is 13.0 Å². The molecule has 0 radical (unpaired) electrons. The second-order valence-corrected chi connectivity index (χ2v) is 5.59. The number of aryl methyl sites for hydroxylation is 2. The third-order valence-electron chi connectivity index (χ3n) is 3.02. The maximum atomic E-state index is 12.4. The van der Waals surface area contributed by atoms with Crippen molar-refractivity contribution in [2.75, 3.05) is 0 Å². The Balaban J connectivity index is 2.38. The van der Waals surface area contributed by atoms with Crippen LogP contribution in [0.2, 0.25) is 0 Å². The lowest BCUT2D eigenvalue weighted by Crippen LogP contribution is -2.25. The third-order valence-corrected chi connectivity index (χ3v) is 3.48. The third kappa shape index (κ3) is 3.09. The van der Waals surface area contributed by atoms with Gasteiger partial charge in [0, 0.05) is 29.5 Å². The number of carbonyl (C=O) groups is 2. The molecule has 0 saturated heterocycles. The van der Waals surface area contributed by atoms with Crippen molar-refractivity contribution in [1.82, 2.24) is 9.55 Å². The Bertz CT molecular complexity index is 738. The molecule has 0 amide bonds. The number of aromatic nitrogens is 2. The first-order valence-corrected chi connectivity index (χ1v) is 6.96. The SMILES string of the molecule is Cc1cc(Br)cc(C(=O)[C@@H](C#N)C(=O)c2nccn2C)c1. The van der Waals surface area contributed by atoms with Crippen LogP contribution in [0.1, 0.15) is 26.5 Å². The number of Topliss-reactive ketones (excluding diaryl/α,β-unsaturated/α-hetero) is 2. The average Bonchev–Trinajstić information content (AvgIpc) is 2.84. The van der Waals surface area contributed by atoms with E-state index < -0.39 is 17.5 Å². The Labute approximate surface area is 130 Å². The minimum atomic E-state index is -1.39. The van der Waals surface area contributed by atoms with Gasteiger partial charge in [-0.2, -0.15) is 5.26 Å². The number of hydrogen-bond acceptors (Lipinski definition) is 4. The van der Waals surface area contributed by atoms with Gasteiger partial charge in [-0.05, 0) is 30.7 Å². The molecule has 0 aliphatic carbocycles. The van der Waals surface area contributed by atoms with Crippen LogP contribution in [0.25, 0.3) is 0 Å². The van der Waals surface area contributed by atoms with Crippen LogP contribution in [0, 0.1) is 24.2 Å². The zero-order chi connectivity index (χ0) is 15.6. The van der Waals surface area contributed by atoms with Crippen molar-refractivity contribution in [3.8, 4) is 6.07 Å². The van der Waals surface area contributed by atoms with Crippen molar-refractivity contribution in [2.45, 2.75) is 6.92 Å². The monoisotopic (exact) mass is 345 g/mol. The van der Waals surface area contributed by atoms with Crippen molar-refractivity contribution in [2.24, 2.45) is 13.0 Å². The van der Waals surface area contributed by atoms with E-state index in [9.17, 15) is 14.9 Å². The maximum absolute atomic E-state index is 12.4. The number of rotatable bonds is 4. The average molecular weight is 346 g/mol. The maximum Gasteiger partial charge on any atom is 0.223 e. The van der Waals surface area contributed by atoms with E-state index in [0.29, 0.717) is 5.56 Å². The number of nitrogens with zero attached hydrogens (tertiary/aromatic N) is 3. The first kappa shape index (κ1) is 15.1. The molecule has 1 heterocycles. The fraction of sp³-hybridized carbons (Fsp3) is 0.200. The molecule has 0 saturated carbocycles. The van der Waals surface area contributed by atoms with Crippen LogP contribution in [0.4, 0.5) is 0 Å². The summed E-state index contributed by atoms with van der Waals surface area (Å²) >= 11 is 3.30. The van der Waals surface area contributed by atoms with E-state index >= 15 is 0 Å². The molecule has 106 valence electrons. The number of benzene rings is 1. The van der Waals surface area contributed by atoms with Gasteiger partial charge < -0.3 is 4.57 Å². The highest BCUT2D eigenvalue weighted by Gasteiger charge is 2.31. The minimum Gasteiger partial charge on any atom is -0.332 e. The van der Waals surface area contributed by atoms with Crippen LogP contribution in [0.15, 0.2) is 35.1 Å². The number of nitriles is 1. The molecule has 1 aromatic heterocycles. The predicted octanol–water partition coefficient (Wildman–Crippen LogP) is 2.70. The molecular weight excluding hydrogens is 334 g/mol. The number of imidazole rings is 1. The van der Waals surface area contributed by atoms with Gasteiger partial charge in [-0.1, -0.05) is 15.9 Å². The van der Waals surface area contributed by atoms with Crippen LogP contribution < -0.4 is 0 Å². The fourth-order valence-electron chi connectivity index (χ4n) is 2.01. The Morgan fingerprint density at radius 2 is 2.05 bits per heavy atom. The second kappa shape index (κ2) is 6.02. The van der Waals surface area contributed by atoms with Crippen LogP contribution in [0.5, 0.6) is 0 Å². The van der Waals surface area contributed by atoms with Crippen molar-refractivity contribution in [3.63, 3.8) is 0 Å². The first-order valence-electron chi connectivity index (χ1n) is 6.16. The predicted molar refractivity (Wildman–Crippen MR) is 79.9 cm³/mol. The normalized spacial score (nSPS) is 11.7. The first-order chi connectivity index (χ1) is 9.93. The van der Waals surface area contributed by atoms with Gasteiger partial charge in [0.15, 0.2) is 17.5 Å². The van der Waals surface area contributed by atoms with Crippen LogP contribution in [0.3, 0.4) is 0 Å². The summed E-state index contributed by atoms with van der Waals surface area (Å²) in [7, 11) is 1.64. The second-order valence-electron chi connectivity index (χ2n) is 4.67. The summed E-state index contributed by atoms with van der Waals surface area (Å²) in [5.41, 5.74) is 1.20. The zero-order valence-electron chi connectivity index (χ0n) is 11.5. The van der Waals surface area contributed by atoms with Crippen molar-refractivity contribution >= 4 is 27.5 Å².